The van der Waals surface area contributed by atoms with E-state index >= 15 is 0 Å². The summed E-state index contributed by atoms with van der Waals surface area (Å²) in [6.45, 7) is 0. The minimum absolute atomic E-state index is 0.416. The highest BCUT2D eigenvalue weighted by Crippen LogP contribution is 2.22. The van der Waals surface area contributed by atoms with Gasteiger partial charge in [-0.25, -0.2) is 9.97 Å². The fourth-order valence-electron chi connectivity index (χ4n) is 0.844. The number of fused-ring (bicyclic) bond motifs is 1. The molecular weight excluding hydrogens is 194 g/mol. The van der Waals surface area contributed by atoms with E-state index < -0.39 is 0 Å². The molecule has 5 heteroatoms. The molecule has 0 aliphatic heterocycles. The smallest absolute Gasteiger partial charge is 0.197 e. The summed E-state index contributed by atoms with van der Waals surface area (Å²) in [7, 11) is 0. The number of rotatable bonds is 0. The number of nitrogens with zero attached hydrogens (tertiary/aromatic N) is 3. The van der Waals surface area contributed by atoms with Crippen LogP contribution in [0.4, 0.5) is 0 Å². The van der Waals surface area contributed by atoms with E-state index in [9.17, 15) is 0 Å². The van der Waals surface area contributed by atoms with E-state index in [0.29, 0.717) is 15.7 Å². The number of thiazole rings is 1. The van der Waals surface area contributed by atoms with Crippen molar-refractivity contribution in [3.05, 3.63) is 22.3 Å². The van der Waals surface area contributed by atoms with Gasteiger partial charge in [0.15, 0.2) is 10.7 Å². The summed E-state index contributed by atoms with van der Waals surface area (Å²) in [6.07, 6.45) is 1.52. The molecule has 0 atom stereocenters. The fraction of sp³-hybridized carbons (Fsp3) is 0. The summed E-state index contributed by atoms with van der Waals surface area (Å²) < 4.78 is 0.846. The van der Waals surface area contributed by atoms with E-state index in [4.69, 9.17) is 16.9 Å². The number of hydrogen-bond donors (Lipinski definition) is 0. The van der Waals surface area contributed by atoms with E-state index in [2.05, 4.69) is 9.97 Å². The van der Waals surface area contributed by atoms with Gasteiger partial charge in [-0.1, -0.05) is 11.6 Å². The number of nitriles is 1. The molecule has 0 aromatic carbocycles. The Hall–Kier alpha value is -1.18. The molecule has 0 aliphatic rings. The zero-order chi connectivity index (χ0) is 8.55. The van der Waals surface area contributed by atoms with Crippen LogP contribution in [0.1, 0.15) is 5.01 Å². The Morgan fingerprint density at radius 2 is 2.42 bits per heavy atom. The highest BCUT2D eigenvalue weighted by atomic mass is 35.5. The minimum atomic E-state index is 0.416. The van der Waals surface area contributed by atoms with Crippen molar-refractivity contribution in [3.63, 3.8) is 0 Å². The molecule has 2 heterocycles. The lowest BCUT2D eigenvalue weighted by Crippen LogP contribution is -1.75. The van der Waals surface area contributed by atoms with Crippen molar-refractivity contribution < 1.29 is 0 Å². The maximum absolute atomic E-state index is 8.55. The lowest BCUT2D eigenvalue weighted by molar-refractivity contribution is 1.30. The molecule has 0 aliphatic carbocycles. The van der Waals surface area contributed by atoms with Crippen molar-refractivity contribution in [2.24, 2.45) is 0 Å². The van der Waals surface area contributed by atoms with Crippen molar-refractivity contribution >= 4 is 33.3 Å². The van der Waals surface area contributed by atoms with E-state index in [0.717, 1.165) is 4.70 Å². The molecule has 0 fully saturated rings. The Bertz CT molecular complexity index is 471. The summed E-state index contributed by atoms with van der Waals surface area (Å²) in [5.74, 6) is 0. The SMILES string of the molecule is N#Cc1nc2ncc(Cl)cc2s1. The monoisotopic (exact) mass is 195 g/mol. The molecule has 2 aromatic rings. The first-order chi connectivity index (χ1) is 5.79. The van der Waals surface area contributed by atoms with Crippen LogP contribution in [0.25, 0.3) is 10.3 Å². The van der Waals surface area contributed by atoms with Crippen LogP contribution in [-0.4, -0.2) is 9.97 Å². The van der Waals surface area contributed by atoms with Crippen LogP contribution in [0.2, 0.25) is 5.02 Å². The first kappa shape index (κ1) is 7.47. The number of hydrogen-bond acceptors (Lipinski definition) is 4. The van der Waals surface area contributed by atoms with E-state index in [-0.39, 0.29) is 0 Å². The predicted molar refractivity (Wildman–Crippen MR) is 47.1 cm³/mol. The van der Waals surface area contributed by atoms with Crippen molar-refractivity contribution in [3.8, 4) is 6.07 Å². The molecule has 0 N–H and O–H groups in total. The summed E-state index contributed by atoms with van der Waals surface area (Å²) in [5, 5.41) is 9.53. The van der Waals surface area contributed by atoms with Crippen LogP contribution in [0.3, 0.4) is 0 Å². The molecule has 2 rings (SSSR count). The van der Waals surface area contributed by atoms with Gasteiger partial charge in [-0.2, -0.15) is 5.26 Å². The Morgan fingerprint density at radius 3 is 3.17 bits per heavy atom. The van der Waals surface area contributed by atoms with Crippen LogP contribution >= 0.6 is 22.9 Å². The number of pyridine rings is 1. The second kappa shape index (κ2) is 2.70. The summed E-state index contributed by atoms with van der Waals surface area (Å²) in [5.41, 5.74) is 0.584. The van der Waals surface area contributed by atoms with Crippen LogP contribution in [0.15, 0.2) is 12.3 Å². The van der Waals surface area contributed by atoms with Gasteiger partial charge in [0.25, 0.3) is 0 Å². The molecule has 58 valence electrons. The zero-order valence-corrected chi connectivity index (χ0v) is 7.35. The van der Waals surface area contributed by atoms with E-state index in [1.165, 1.54) is 17.5 Å². The van der Waals surface area contributed by atoms with Gasteiger partial charge in [-0.3, -0.25) is 0 Å². The van der Waals surface area contributed by atoms with Gasteiger partial charge in [0, 0.05) is 6.20 Å². The molecule has 0 unspecified atom stereocenters. The summed E-state index contributed by atoms with van der Waals surface area (Å²) in [4.78, 5) is 7.93. The fourth-order valence-corrected chi connectivity index (χ4v) is 1.83. The van der Waals surface area contributed by atoms with Gasteiger partial charge in [0.05, 0.1) is 9.72 Å². The molecule has 0 saturated heterocycles. The van der Waals surface area contributed by atoms with Crippen LogP contribution in [-0.2, 0) is 0 Å². The number of aromatic nitrogens is 2. The van der Waals surface area contributed by atoms with Crippen LogP contribution < -0.4 is 0 Å². The first-order valence-corrected chi connectivity index (χ1v) is 4.31. The standard InChI is InChI=1S/C7H2ClN3S/c8-4-1-5-7(10-3-4)11-6(2-9)12-5/h1,3H. The Labute approximate surface area is 77.3 Å². The normalized spacial score (nSPS) is 10.0. The summed E-state index contributed by atoms with van der Waals surface area (Å²) in [6, 6.07) is 3.71. The number of halogens is 1. The lowest BCUT2D eigenvalue weighted by atomic mass is 10.5. The van der Waals surface area contributed by atoms with Gasteiger partial charge in [0.2, 0.25) is 0 Å². The maximum atomic E-state index is 8.55. The first-order valence-electron chi connectivity index (χ1n) is 3.12. The topological polar surface area (TPSA) is 49.6 Å². The van der Waals surface area contributed by atoms with Crippen molar-refractivity contribution in [1.29, 1.82) is 5.26 Å². The largest absolute Gasteiger partial charge is 0.234 e. The van der Waals surface area contributed by atoms with E-state index in [1.54, 1.807) is 6.07 Å². The van der Waals surface area contributed by atoms with Gasteiger partial charge in [-0.15, -0.1) is 11.3 Å². The quantitative estimate of drug-likeness (QED) is 0.648. The van der Waals surface area contributed by atoms with Crippen LogP contribution in [0, 0.1) is 11.3 Å². The molecule has 0 saturated carbocycles. The maximum Gasteiger partial charge on any atom is 0.197 e. The van der Waals surface area contributed by atoms with Gasteiger partial charge < -0.3 is 0 Å². The molecule has 0 bridgehead atoms. The van der Waals surface area contributed by atoms with Crippen molar-refractivity contribution in [2.75, 3.05) is 0 Å². The second-order valence-electron chi connectivity index (χ2n) is 2.11. The van der Waals surface area contributed by atoms with Crippen LogP contribution in [0.5, 0.6) is 0 Å². The minimum Gasteiger partial charge on any atom is -0.234 e. The molecule has 0 radical (unpaired) electrons. The zero-order valence-electron chi connectivity index (χ0n) is 5.78. The third kappa shape index (κ3) is 1.13. The molecule has 2 aromatic heterocycles. The Balaban J connectivity index is 2.77. The Morgan fingerprint density at radius 1 is 1.58 bits per heavy atom. The molecule has 12 heavy (non-hydrogen) atoms. The van der Waals surface area contributed by atoms with Gasteiger partial charge in [0.1, 0.15) is 6.07 Å². The highest BCUT2D eigenvalue weighted by molar-refractivity contribution is 7.19. The predicted octanol–water partition coefficient (Wildman–Crippen LogP) is 2.22. The second-order valence-corrected chi connectivity index (χ2v) is 3.57. The summed E-state index contributed by atoms with van der Waals surface area (Å²) >= 11 is 7.00. The molecular formula is C7H2ClN3S. The van der Waals surface area contributed by atoms with Gasteiger partial charge in [-0.05, 0) is 6.07 Å². The lowest BCUT2D eigenvalue weighted by Gasteiger charge is -1.85. The molecule has 0 spiro atoms. The third-order valence-corrected chi connectivity index (χ3v) is 2.41. The van der Waals surface area contributed by atoms with Crippen molar-refractivity contribution in [2.45, 2.75) is 0 Å². The molecule has 3 nitrogen and oxygen atoms in total. The average molecular weight is 196 g/mol. The molecule has 0 amide bonds. The van der Waals surface area contributed by atoms with E-state index in [1.807, 2.05) is 6.07 Å². The highest BCUT2D eigenvalue weighted by Gasteiger charge is 2.03. The Kier molecular flexibility index (Phi) is 1.68. The van der Waals surface area contributed by atoms with Crippen molar-refractivity contribution in [1.82, 2.24) is 9.97 Å². The third-order valence-electron chi connectivity index (χ3n) is 1.31. The van der Waals surface area contributed by atoms with Gasteiger partial charge >= 0.3 is 0 Å². The average Bonchev–Trinajstić information content (AvgIpc) is 2.46.